The molecule has 3 heterocycles. The predicted octanol–water partition coefficient (Wildman–Crippen LogP) is 4.22. The van der Waals surface area contributed by atoms with Crippen molar-refractivity contribution >= 4 is 32.6 Å². The first kappa shape index (κ1) is 28.7. The molecule has 3 aliphatic rings. The van der Waals surface area contributed by atoms with Gasteiger partial charge < -0.3 is 14.4 Å². The van der Waals surface area contributed by atoms with Crippen molar-refractivity contribution in [1.29, 1.82) is 0 Å². The Kier molecular flexibility index (Phi) is 7.55. The molecule has 0 unspecified atom stereocenters. The Morgan fingerprint density at radius 3 is 2.12 bits per heavy atom. The molecule has 2 saturated heterocycles. The molecule has 2 aliphatic heterocycles. The van der Waals surface area contributed by atoms with E-state index in [2.05, 4.69) is 4.90 Å². The van der Waals surface area contributed by atoms with Gasteiger partial charge in [0, 0.05) is 61.9 Å². The Hall–Kier alpha value is -3.38. The average Bonchev–Trinajstić information content (AvgIpc) is 3.64. The minimum Gasteiger partial charge on any atom is -0.336 e. The number of sulfone groups is 1. The number of piperazine rings is 1. The summed E-state index contributed by atoms with van der Waals surface area (Å²) in [5.41, 5.74) is 0.326. The number of carbonyl (C=O) groups excluding carboxylic acids is 2. The number of nitrogens with zero attached hydrogens (tertiary/aromatic N) is 4. The van der Waals surface area contributed by atoms with Crippen LogP contribution in [0, 0.1) is 0 Å². The lowest BCUT2D eigenvalue weighted by atomic mass is 10.1. The van der Waals surface area contributed by atoms with Crippen molar-refractivity contribution in [3.05, 3.63) is 65.4 Å². The lowest BCUT2D eigenvalue weighted by molar-refractivity contribution is -0.137. The number of amides is 2. The number of fused-ring (bicyclic) bond motifs is 1. The zero-order valence-electron chi connectivity index (χ0n) is 23.1. The maximum Gasteiger partial charge on any atom is 0.416 e. The summed E-state index contributed by atoms with van der Waals surface area (Å²) >= 11 is 0. The second-order valence-electron chi connectivity index (χ2n) is 11.4. The zero-order chi connectivity index (χ0) is 29.6. The summed E-state index contributed by atoms with van der Waals surface area (Å²) in [5, 5.41) is 0.538. The summed E-state index contributed by atoms with van der Waals surface area (Å²) in [7, 11) is -3.25. The van der Waals surface area contributed by atoms with E-state index in [-0.39, 0.29) is 41.9 Å². The highest BCUT2D eigenvalue weighted by Crippen LogP contribution is 2.33. The first-order valence-electron chi connectivity index (χ1n) is 14.4. The highest BCUT2D eigenvalue weighted by atomic mass is 32.2. The Morgan fingerprint density at radius 1 is 0.786 bits per heavy atom. The number of aromatic nitrogens is 1. The highest BCUT2D eigenvalue weighted by molar-refractivity contribution is 7.91. The van der Waals surface area contributed by atoms with Crippen LogP contribution in [0.25, 0.3) is 16.6 Å². The summed E-state index contributed by atoms with van der Waals surface area (Å²) in [6, 6.07) is 11.9. The molecular weight excluding hydrogens is 569 g/mol. The Labute approximate surface area is 242 Å². The van der Waals surface area contributed by atoms with E-state index in [1.54, 1.807) is 24.3 Å². The smallest absolute Gasteiger partial charge is 0.336 e. The van der Waals surface area contributed by atoms with E-state index in [1.165, 1.54) is 47.3 Å². The van der Waals surface area contributed by atoms with Gasteiger partial charge in [0.1, 0.15) is 5.69 Å². The highest BCUT2D eigenvalue weighted by Gasteiger charge is 2.33. The average molecular weight is 603 g/mol. The van der Waals surface area contributed by atoms with Gasteiger partial charge in [-0.2, -0.15) is 13.2 Å². The molecule has 6 rings (SSSR count). The standard InChI is InChI=1S/C30H33F3N4O4S/c31-30(32,33)23-4-3-7-25(20-23)37-26-9-8-21(28(38)35-12-10-34(11-13-35)24-5-1-2-6-24)18-22(26)19-27(37)29(39)36-14-16-42(40,41)17-15-36/h3-4,7-9,18-20,24H,1-2,5-6,10-17H2. The van der Waals surface area contributed by atoms with Gasteiger partial charge in [-0.25, -0.2) is 8.42 Å². The molecule has 224 valence electrons. The summed E-state index contributed by atoms with van der Waals surface area (Å²) in [4.78, 5) is 32.9. The Morgan fingerprint density at radius 2 is 1.45 bits per heavy atom. The largest absolute Gasteiger partial charge is 0.416 e. The molecule has 1 saturated carbocycles. The van der Waals surface area contributed by atoms with Gasteiger partial charge in [0.15, 0.2) is 9.84 Å². The van der Waals surface area contributed by atoms with Crippen LogP contribution in [-0.2, 0) is 16.0 Å². The summed E-state index contributed by atoms with van der Waals surface area (Å²) in [5.74, 6) is -0.942. The van der Waals surface area contributed by atoms with E-state index in [9.17, 15) is 31.2 Å². The number of benzene rings is 2. The van der Waals surface area contributed by atoms with Crippen molar-refractivity contribution < 1.29 is 31.2 Å². The van der Waals surface area contributed by atoms with E-state index >= 15 is 0 Å². The van der Waals surface area contributed by atoms with Crippen LogP contribution >= 0.6 is 0 Å². The SMILES string of the molecule is O=C(c1ccc2c(c1)cc(C(=O)N1CCS(=O)(=O)CC1)n2-c1cccc(C(F)(F)F)c1)N1CCN(C2CCCC2)CC1. The van der Waals surface area contributed by atoms with Gasteiger partial charge in [0.25, 0.3) is 11.8 Å². The molecule has 0 atom stereocenters. The third-order valence-corrected chi connectivity index (χ3v) is 10.4. The van der Waals surface area contributed by atoms with Crippen molar-refractivity contribution in [2.45, 2.75) is 37.9 Å². The molecule has 12 heteroatoms. The Bertz CT molecular complexity index is 1610. The Balaban J connectivity index is 1.33. The van der Waals surface area contributed by atoms with Crippen molar-refractivity contribution in [3.8, 4) is 5.69 Å². The van der Waals surface area contributed by atoms with Crippen molar-refractivity contribution in [2.24, 2.45) is 0 Å². The maximum atomic E-state index is 13.7. The maximum absolute atomic E-state index is 13.7. The van der Waals surface area contributed by atoms with E-state index < -0.39 is 27.5 Å². The van der Waals surface area contributed by atoms with Gasteiger partial charge in [-0.05, 0) is 55.3 Å². The number of hydrogen-bond acceptors (Lipinski definition) is 5. The van der Waals surface area contributed by atoms with Crippen LogP contribution in [0.5, 0.6) is 0 Å². The van der Waals surface area contributed by atoms with Gasteiger partial charge in [-0.15, -0.1) is 0 Å². The van der Waals surface area contributed by atoms with E-state index in [0.717, 1.165) is 25.2 Å². The molecule has 1 aromatic heterocycles. The molecule has 0 N–H and O–H groups in total. The molecule has 3 fully saturated rings. The summed E-state index contributed by atoms with van der Waals surface area (Å²) in [6.45, 7) is 2.91. The fraction of sp³-hybridized carbons (Fsp3) is 0.467. The van der Waals surface area contributed by atoms with Crippen LogP contribution in [0.1, 0.15) is 52.1 Å². The number of halogens is 3. The van der Waals surface area contributed by atoms with Gasteiger partial charge in [-0.1, -0.05) is 18.9 Å². The molecule has 2 aromatic carbocycles. The fourth-order valence-corrected chi connectivity index (χ4v) is 7.63. The number of alkyl halides is 3. The molecule has 0 spiro atoms. The summed E-state index contributed by atoms with van der Waals surface area (Å²) in [6.07, 6.45) is 0.353. The lowest BCUT2D eigenvalue weighted by Crippen LogP contribution is -2.51. The van der Waals surface area contributed by atoms with Gasteiger partial charge >= 0.3 is 6.18 Å². The van der Waals surface area contributed by atoms with Crippen molar-refractivity contribution in [2.75, 3.05) is 50.8 Å². The molecule has 0 radical (unpaired) electrons. The first-order chi connectivity index (χ1) is 20.0. The van der Waals surface area contributed by atoms with Gasteiger partial charge in [0.05, 0.1) is 22.6 Å². The second-order valence-corrected chi connectivity index (χ2v) is 13.7. The van der Waals surface area contributed by atoms with Crippen LogP contribution in [0.4, 0.5) is 13.2 Å². The third kappa shape index (κ3) is 5.66. The minimum absolute atomic E-state index is 0.00184. The fourth-order valence-electron chi connectivity index (χ4n) is 6.42. The van der Waals surface area contributed by atoms with Crippen LogP contribution < -0.4 is 0 Å². The number of rotatable bonds is 4. The lowest BCUT2D eigenvalue weighted by Gasteiger charge is -2.38. The molecule has 1 aliphatic carbocycles. The number of hydrogen-bond donors (Lipinski definition) is 0. The van der Waals surface area contributed by atoms with E-state index in [1.807, 2.05) is 4.90 Å². The van der Waals surface area contributed by atoms with Crippen molar-refractivity contribution in [3.63, 3.8) is 0 Å². The summed E-state index contributed by atoms with van der Waals surface area (Å²) < 4.78 is 66.1. The molecule has 8 nitrogen and oxygen atoms in total. The predicted molar refractivity (Wildman–Crippen MR) is 153 cm³/mol. The van der Waals surface area contributed by atoms with E-state index in [4.69, 9.17) is 0 Å². The normalized spacial score (nSPS) is 20.4. The third-order valence-electron chi connectivity index (χ3n) is 8.77. The molecule has 0 bridgehead atoms. The first-order valence-corrected chi connectivity index (χ1v) is 16.2. The topological polar surface area (TPSA) is 82.9 Å². The molecule has 42 heavy (non-hydrogen) atoms. The number of carbonyl (C=O) groups is 2. The van der Waals surface area contributed by atoms with Crippen LogP contribution in [0.3, 0.4) is 0 Å². The molecular formula is C30H33F3N4O4S. The minimum atomic E-state index is -4.58. The monoisotopic (exact) mass is 602 g/mol. The van der Waals surface area contributed by atoms with E-state index in [0.29, 0.717) is 35.6 Å². The van der Waals surface area contributed by atoms with Gasteiger partial charge in [0.2, 0.25) is 0 Å². The quantitative estimate of drug-likeness (QED) is 0.447. The molecule has 3 aromatic rings. The van der Waals surface area contributed by atoms with Crippen LogP contribution in [-0.4, -0.2) is 96.3 Å². The molecule has 2 amide bonds. The van der Waals surface area contributed by atoms with Gasteiger partial charge in [-0.3, -0.25) is 14.5 Å². The van der Waals surface area contributed by atoms with Crippen LogP contribution in [0.2, 0.25) is 0 Å². The second kappa shape index (κ2) is 11.0. The van der Waals surface area contributed by atoms with Crippen LogP contribution in [0.15, 0.2) is 48.5 Å². The van der Waals surface area contributed by atoms with Crippen molar-refractivity contribution in [1.82, 2.24) is 19.3 Å². The zero-order valence-corrected chi connectivity index (χ0v) is 24.0.